The third-order valence-corrected chi connectivity index (χ3v) is 3.30. The van der Waals surface area contributed by atoms with Crippen molar-refractivity contribution in [2.24, 2.45) is 5.73 Å². The molecule has 2 aromatic carbocycles. The number of nitrogens with two attached hydrogens (primary N) is 1. The Bertz CT molecular complexity index is 818. The molecule has 0 heterocycles. The van der Waals surface area contributed by atoms with E-state index < -0.39 is 23.8 Å². The molecule has 0 aliphatic rings. The highest BCUT2D eigenvalue weighted by Gasteiger charge is 2.10. The lowest BCUT2D eigenvalue weighted by atomic mass is 10.0. The molecule has 7 heteroatoms. The highest BCUT2D eigenvalue weighted by Crippen LogP contribution is 2.20. The molecule has 2 aromatic rings. The van der Waals surface area contributed by atoms with E-state index in [4.69, 9.17) is 20.5 Å². The maximum absolute atomic E-state index is 13.8. The second kappa shape index (κ2) is 8.11. The van der Waals surface area contributed by atoms with Crippen LogP contribution in [0.4, 0.5) is 13.6 Å². The molecule has 0 fully saturated rings. The molecule has 0 aliphatic heterocycles. The average molecular weight is 346 g/mol. The molecule has 25 heavy (non-hydrogen) atoms. The van der Waals surface area contributed by atoms with Crippen LogP contribution in [0, 0.1) is 23.0 Å². The highest BCUT2D eigenvalue weighted by atomic mass is 19.1. The fourth-order valence-electron chi connectivity index (χ4n) is 2.25. The Labute approximate surface area is 143 Å². The van der Waals surface area contributed by atoms with Crippen molar-refractivity contribution in [3.63, 3.8) is 0 Å². The number of hydrogen-bond donors (Lipinski definition) is 1. The summed E-state index contributed by atoms with van der Waals surface area (Å²) in [5.41, 5.74) is 6.02. The summed E-state index contributed by atoms with van der Waals surface area (Å²) < 4.78 is 37.5. The number of carbonyl (C=O) groups is 1. The lowest BCUT2D eigenvalue weighted by molar-refractivity contribution is 0.0822. The van der Waals surface area contributed by atoms with Gasteiger partial charge in [-0.05, 0) is 48.7 Å². The zero-order chi connectivity index (χ0) is 18.4. The van der Waals surface area contributed by atoms with Gasteiger partial charge in [-0.15, -0.1) is 0 Å². The van der Waals surface area contributed by atoms with Crippen molar-refractivity contribution in [3.8, 4) is 11.8 Å². The lowest BCUT2D eigenvalue weighted by Crippen LogP contribution is -2.25. The van der Waals surface area contributed by atoms with Crippen molar-refractivity contribution in [2.45, 2.75) is 19.4 Å². The molecule has 0 spiro atoms. The van der Waals surface area contributed by atoms with Crippen LogP contribution >= 0.6 is 0 Å². The number of nitrogens with zero attached hydrogens (tertiary/aromatic N) is 1. The minimum atomic E-state index is -0.918. The van der Waals surface area contributed by atoms with Crippen LogP contribution in [0.15, 0.2) is 36.4 Å². The van der Waals surface area contributed by atoms with Gasteiger partial charge in [0, 0.05) is 6.07 Å². The standard InChI is InChI=1S/C18H16F2N2O3/c1-11(25-18(22)23)10-24-16-6-13(5-15(19)8-16)4-12-2-3-14(9-21)17(20)7-12/h2-3,5-8,11H,4,10H2,1H3,(H2,22,23). The van der Waals surface area contributed by atoms with Crippen LogP contribution in [-0.2, 0) is 11.2 Å². The second-order valence-electron chi connectivity index (χ2n) is 5.46. The predicted octanol–water partition coefficient (Wildman–Crippen LogP) is 3.29. The first-order valence-electron chi connectivity index (χ1n) is 7.44. The van der Waals surface area contributed by atoms with Gasteiger partial charge in [0.25, 0.3) is 0 Å². The summed E-state index contributed by atoms with van der Waals surface area (Å²) >= 11 is 0. The van der Waals surface area contributed by atoms with Gasteiger partial charge in [-0.3, -0.25) is 0 Å². The van der Waals surface area contributed by atoms with Crippen LogP contribution in [0.2, 0.25) is 0 Å². The Morgan fingerprint density at radius 1 is 1.24 bits per heavy atom. The number of carbonyl (C=O) groups excluding carboxylic acids is 1. The Balaban J connectivity index is 2.09. The molecule has 0 bridgehead atoms. The third kappa shape index (κ3) is 5.46. The lowest BCUT2D eigenvalue weighted by Gasteiger charge is -2.14. The van der Waals surface area contributed by atoms with Gasteiger partial charge in [0.1, 0.15) is 36.2 Å². The maximum Gasteiger partial charge on any atom is 0.404 e. The minimum Gasteiger partial charge on any atom is -0.490 e. The zero-order valence-corrected chi connectivity index (χ0v) is 13.5. The van der Waals surface area contributed by atoms with Crippen LogP contribution in [0.1, 0.15) is 23.6 Å². The second-order valence-corrected chi connectivity index (χ2v) is 5.46. The summed E-state index contributed by atoms with van der Waals surface area (Å²) in [5, 5.41) is 8.74. The molecule has 1 amide bonds. The third-order valence-electron chi connectivity index (χ3n) is 3.30. The normalized spacial score (nSPS) is 11.4. The summed E-state index contributed by atoms with van der Waals surface area (Å²) in [4.78, 5) is 10.6. The van der Waals surface area contributed by atoms with Crippen LogP contribution in [0.5, 0.6) is 5.75 Å². The average Bonchev–Trinajstić information content (AvgIpc) is 2.52. The van der Waals surface area contributed by atoms with Crippen LogP contribution in [0.3, 0.4) is 0 Å². The van der Waals surface area contributed by atoms with Gasteiger partial charge in [-0.2, -0.15) is 5.26 Å². The van der Waals surface area contributed by atoms with Gasteiger partial charge in [0.05, 0.1) is 5.56 Å². The zero-order valence-electron chi connectivity index (χ0n) is 13.5. The molecule has 0 radical (unpaired) electrons. The van der Waals surface area contributed by atoms with Gasteiger partial charge in [-0.1, -0.05) is 6.07 Å². The van der Waals surface area contributed by atoms with E-state index in [9.17, 15) is 13.6 Å². The SMILES string of the molecule is CC(COc1cc(F)cc(Cc2ccc(C#N)c(F)c2)c1)OC(N)=O. The van der Waals surface area contributed by atoms with Crippen molar-refractivity contribution < 1.29 is 23.0 Å². The molecule has 1 unspecified atom stereocenters. The number of benzene rings is 2. The first-order valence-corrected chi connectivity index (χ1v) is 7.44. The maximum atomic E-state index is 13.8. The predicted molar refractivity (Wildman–Crippen MR) is 85.9 cm³/mol. The Morgan fingerprint density at radius 3 is 2.64 bits per heavy atom. The van der Waals surface area contributed by atoms with E-state index in [1.54, 1.807) is 25.1 Å². The largest absolute Gasteiger partial charge is 0.490 e. The van der Waals surface area contributed by atoms with Crippen molar-refractivity contribution >= 4 is 6.09 Å². The van der Waals surface area contributed by atoms with Gasteiger partial charge >= 0.3 is 6.09 Å². The summed E-state index contributed by atoms with van der Waals surface area (Å²) in [6.45, 7) is 1.60. The first kappa shape index (κ1) is 18.2. The molecule has 0 saturated heterocycles. The van der Waals surface area contributed by atoms with Gasteiger partial charge in [-0.25, -0.2) is 13.6 Å². The summed E-state index contributed by atoms with van der Waals surface area (Å²) in [7, 11) is 0. The van der Waals surface area contributed by atoms with Crippen molar-refractivity contribution in [1.29, 1.82) is 5.26 Å². The molecule has 2 rings (SSSR count). The van der Waals surface area contributed by atoms with E-state index >= 15 is 0 Å². The van der Waals surface area contributed by atoms with Gasteiger partial charge < -0.3 is 15.2 Å². The molecule has 2 N–H and O–H groups in total. The Hall–Kier alpha value is -3.14. The van der Waals surface area contributed by atoms with Crippen LogP contribution < -0.4 is 10.5 Å². The topological polar surface area (TPSA) is 85.3 Å². The number of ether oxygens (including phenoxy) is 2. The molecule has 0 saturated carbocycles. The van der Waals surface area contributed by atoms with E-state index in [1.807, 2.05) is 0 Å². The highest BCUT2D eigenvalue weighted by molar-refractivity contribution is 5.64. The van der Waals surface area contributed by atoms with Gasteiger partial charge in [0.15, 0.2) is 0 Å². The van der Waals surface area contributed by atoms with E-state index in [0.717, 1.165) is 0 Å². The van der Waals surface area contributed by atoms with E-state index in [1.165, 1.54) is 24.3 Å². The Morgan fingerprint density at radius 2 is 2.00 bits per heavy atom. The fourth-order valence-corrected chi connectivity index (χ4v) is 2.25. The molecule has 1 atom stereocenters. The van der Waals surface area contributed by atoms with E-state index in [-0.39, 0.29) is 24.3 Å². The molecule has 0 aromatic heterocycles. The van der Waals surface area contributed by atoms with Crippen LogP contribution in [-0.4, -0.2) is 18.8 Å². The van der Waals surface area contributed by atoms with Crippen molar-refractivity contribution in [1.82, 2.24) is 0 Å². The number of amides is 1. The number of hydrogen-bond acceptors (Lipinski definition) is 4. The summed E-state index contributed by atoms with van der Waals surface area (Å²) in [6, 6.07) is 10.1. The summed E-state index contributed by atoms with van der Waals surface area (Å²) in [6.07, 6.45) is -1.24. The minimum absolute atomic E-state index is 0.0112. The quantitative estimate of drug-likeness (QED) is 0.870. The van der Waals surface area contributed by atoms with Gasteiger partial charge in [0.2, 0.25) is 0 Å². The van der Waals surface area contributed by atoms with E-state index in [2.05, 4.69) is 0 Å². The molecular weight excluding hydrogens is 330 g/mol. The smallest absolute Gasteiger partial charge is 0.404 e. The number of rotatable bonds is 6. The Kier molecular flexibility index (Phi) is 5.90. The molecule has 5 nitrogen and oxygen atoms in total. The number of halogens is 2. The number of primary amides is 1. The first-order chi connectivity index (χ1) is 11.9. The number of nitriles is 1. The molecule has 0 aliphatic carbocycles. The summed E-state index contributed by atoms with van der Waals surface area (Å²) in [5.74, 6) is -0.876. The van der Waals surface area contributed by atoms with Crippen LogP contribution in [0.25, 0.3) is 0 Å². The molecule has 130 valence electrons. The monoisotopic (exact) mass is 346 g/mol. The molecular formula is C18H16F2N2O3. The van der Waals surface area contributed by atoms with E-state index in [0.29, 0.717) is 11.1 Å². The van der Waals surface area contributed by atoms with Crippen molar-refractivity contribution in [2.75, 3.05) is 6.61 Å². The fraction of sp³-hybridized carbons (Fsp3) is 0.222. The van der Waals surface area contributed by atoms with Crippen molar-refractivity contribution in [3.05, 3.63) is 64.7 Å².